The first-order valence-electron chi connectivity index (χ1n) is 5.26. The molecule has 0 aromatic heterocycles. The van der Waals surface area contributed by atoms with Crippen molar-refractivity contribution in [3.05, 3.63) is 38.9 Å². The molecule has 7 heteroatoms. The summed E-state index contributed by atoms with van der Waals surface area (Å²) in [5.74, 6) is 3.42. The molecule has 19 heavy (non-hydrogen) atoms. The summed E-state index contributed by atoms with van der Waals surface area (Å²) < 4.78 is 4.55. The summed E-state index contributed by atoms with van der Waals surface area (Å²) in [6.07, 6.45) is -1.47. The van der Waals surface area contributed by atoms with Crippen molar-refractivity contribution in [3.63, 3.8) is 0 Å². The van der Waals surface area contributed by atoms with Gasteiger partial charge in [0.15, 0.2) is 0 Å². The molecule has 0 bridgehead atoms. The summed E-state index contributed by atoms with van der Waals surface area (Å²) in [5.41, 5.74) is -0.399. The van der Waals surface area contributed by atoms with Crippen LogP contribution in [0.1, 0.15) is 18.6 Å². The number of aliphatic hydroxyl groups excluding tert-OH is 1. The Labute approximate surface area is 114 Å². The number of halogens is 1. The highest BCUT2D eigenvalue weighted by Gasteiger charge is 2.19. The maximum absolute atomic E-state index is 11.0. The Morgan fingerprint density at radius 2 is 2.32 bits per heavy atom. The number of nitrogens with zero attached hydrogens (tertiary/aromatic N) is 1. The molecular weight excluding hydrogens is 274 g/mol. The van der Waals surface area contributed by atoms with Gasteiger partial charge in [0, 0.05) is 17.0 Å². The molecule has 0 radical (unpaired) electrons. The fraction of sp³-hybridized carbons (Fsp3) is 0.250. The van der Waals surface area contributed by atoms with Gasteiger partial charge in [-0.1, -0.05) is 17.5 Å². The lowest BCUT2D eigenvalue weighted by Crippen LogP contribution is -2.03. The van der Waals surface area contributed by atoms with Gasteiger partial charge in [-0.05, 0) is 19.1 Å². The number of esters is 1. The normalized spacial score (nSPS) is 11.1. The van der Waals surface area contributed by atoms with Gasteiger partial charge in [0.2, 0.25) is 0 Å². The molecule has 0 aliphatic rings. The summed E-state index contributed by atoms with van der Waals surface area (Å²) in [7, 11) is 0. The highest BCUT2D eigenvalue weighted by atomic mass is 35.5. The van der Waals surface area contributed by atoms with Gasteiger partial charge in [-0.2, -0.15) is 0 Å². The molecule has 1 atom stereocenters. The first kappa shape index (κ1) is 15.0. The second kappa shape index (κ2) is 6.73. The molecule has 1 unspecified atom stereocenters. The summed E-state index contributed by atoms with van der Waals surface area (Å²) in [4.78, 5) is 21.1. The number of rotatable bonds is 3. The molecule has 0 aliphatic carbocycles. The molecule has 1 rings (SSSR count). The molecule has 0 fully saturated rings. The molecule has 0 heterocycles. The van der Waals surface area contributed by atoms with Crippen molar-refractivity contribution in [1.29, 1.82) is 0 Å². The van der Waals surface area contributed by atoms with E-state index in [0.717, 1.165) is 6.07 Å². The Morgan fingerprint density at radius 1 is 1.63 bits per heavy atom. The van der Waals surface area contributed by atoms with Gasteiger partial charge < -0.3 is 9.84 Å². The van der Waals surface area contributed by atoms with Gasteiger partial charge in [-0.3, -0.25) is 10.1 Å². The molecule has 0 saturated heterocycles. The van der Waals surface area contributed by atoms with Crippen molar-refractivity contribution in [2.24, 2.45) is 0 Å². The minimum Gasteiger partial charge on any atom is -0.456 e. The van der Waals surface area contributed by atoms with Crippen LogP contribution in [0, 0.1) is 22.0 Å². The number of benzene rings is 1. The Bertz CT molecular complexity index is 561. The predicted molar refractivity (Wildman–Crippen MR) is 67.5 cm³/mol. The lowest BCUT2D eigenvalue weighted by Gasteiger charge is -2.05. The zero-order chi connectivity index (χ0) is 14.4. The SMILES string of the molecule is CCOC(=O)C#CC(O)c1ccc(Cl)cc1[N+](=O)[O-]. The van der Waals surface area contributed by atoms with E-state index < -0.39 is 17.0 Å². The van der Waals surface area contributed by atoms with Crippen molar-refractivity contribution in [2.75, 3.05) is 6.61 Å². The summed E-state index contributed by atoms with van der Waals surface area (Å²) in [6, 6.07) is 3.77. The molecule has 6 nitrogen and oxygen atoms in total. The molecule has 0 aliphatic heterocycles. The predicted octanol–water partition coefficient (Wildman–Crippen LogP) is 1.85. The highest BCUT2D eigenvalue weighted by molar-refractivity contribution is 6.30. The van der Waals surface area contributed by atoms with Gasteiger partial charge >= 0.3 is 5.97 Å². The second-order valence-corrected chi connectivity index (χ2v) is 3.79. The van der Waals surface area contributed by atoms with Gasteiger partial charge in [0.25, 0.3) is 5.69 Å². The van der Waals surface area contributed by atoms with E-state index in [1.54, 1.807) is 6.92 Å². The van der Waals surface area contributed by atoms with Crippen LogP contribution in [0.15, 0.2) is 18.2 Å². The van der Waals surface area contributed by atoms with Crippen LogP contribution in [0.5, 0.6) is 0 Å². The van der Waals surface area contributed by atoms with E-state index in [1.807, 2.05) is 5.92 Å². The van der Waals surface area contributed by atoms with E-state index >= 15 is 0 Å². The number of carbonyl (C=O) groups is 1. The van der Waals surface area contributed by atoms with Crippen LogP contribution in [0.4, 0.5) is 5.69 Å². The number of hydrogen-bond acceptors (Lipinski definition) is 5. The van der Waals surface area contributed by atoms with Crippen LogP contribution < -0.4 is 0 Å². The third-order valence-corrected chi connectivity index (χ3v) is 2.31. The van der Waals surface area contributed by atoms with E-state index in [4.69, 9.17) is 11.6 Å². The fourth-order valence-corrected chi connectivity index (χ4v) is 1.44. The highest BCUT2D eigenvalue weighted by Crippen LogP contribution is 2.27. The van der Waals surface area contributed by atoms with Gasteiger partial charge in [-0.15, -0.1) is 0 Å². The number of carbonyl (C=O) groups excluding carboxylic acids is 1. The Kier molecular flexibility index (Phi) is 5.30. The summed E-state index contributed by atoms with van der Waals surface area (Å²) in [6.45, 7) is 1.77. The molecule has 1 N–H and O–H groups in total. The number of ether oxygens (including phenoxy) is 1. The first-order chi connectivity index (χ1) is 8.95. The Morgan fingerprint density at radius 3 is 2.89 bits per heavy atom. The van der Waals surface area contributed by atoms with Crippen molar-refractivity contribution in [1.82, 2.24) is 0 Å². The lowest BCUT2D eigenvalue weighted by molar-refractivity contribution is -0.386. The van der Waals surface area contributed by atoms with E-state index in [0.29, 0.717) is 0 Å². The van der Waals surface area contributed by atoms with E-state index in [2.05, 4.69) is 10.7 Å². The average Bonchev–Trinajstić information content (AvgIpc) is 2.36. The monoisotopic (exact) mass is 283 g/mol. The Balaban J connectivity index is 3.03. The third-order valence-electron chi connectivity index (χ3n) is 2.07. The van der Waals surface area contributed by atoms with Crippen LogP contribution in [-0.2, 0) is 9.53 Å². The topological polar surface area (TPSA) is 89.7 Å². The van der Waals surface area contributed by atoms with Crippen LogP contribution in [-0.4, -0.2) is 22.6 Å². The number of nitro groups is 1. The molecule has 100 valence electrons. The minimum atomic E-state index is -1.47. The third kappa shape index (κ3) is 4.25. The van der Waals surface area contributed by atoms with Crippen LogP contribution in [0.25, 0.3) is 0 Å². The summed E-state index contributed by atoms with van der Waals surface area (Å²) in [5, 5.41) is 20.7. The summed E-state index contributed by atoms with van der Waals surface area (Å²) >= 11 is 5.64. The Hall–Kier alpha value is -2.10. The van der Waals surface area contributed by atoms with Gasteiger partial charge in [-0.25, -0.2) is 4.79 Å². The molecule has 0 amide bonds. The molecule has 1 aromatic rings. The fourth-order valence-electron chi connectivity index (χ4n) is 1.28. The van der Waals surface area contributed by atoms with Crippen LogP contribution in [0.3, 0.4) is 0 Å². The maximum atomic E-state index is 11.0. The minimum absolute atomic E-state index is 0.0359. The van der Waals surface area contributed by atoms with Crippen LogP contribution in [0.2, 0.25) is 5.02 Å². The second-order valence-electron chi connectivity index (χ2n) is 3.35. The van der Waals surface area contributed by atoms with E-state index in [-0.39, 0.29) is 22.9 Å². The van der Waals surface area contributed by atoms with E-state index in [9.17, 15) is 20.0 Å². The number of nitro benzene ring substituents is 1. The zero-order valence-electron chi connectivity index (χ0n) is 9.92. The van der Waals surface area contributed by atoms with Crippen molar-refractivity contribution < 1.29 is 19.6 Å². The molecule has 0 saturated carbocycles. The largest absolute Gasteiger partial charge is 0.456 e. The smallest absolute Gasteiger partial charge is 0.384 e. The van der Waals surface area contributed by atoms with E-state index in [1.165, 1.54) is 12.1 Å². The van der Waals surface area contributed by atoms with Crippen molar-refractivity contribution >= 4 is 23.3 Å². The van der Waals surface area contributed by atoms with Crippen molar-refractivity contribution in [2.45, 2.75) is 13.0 Å². The molecular formula is C12H10ClNO5. The lowest BCUT2D eigenvalue weighted by atomic mass is 10.1. The zero-order valence-corrected chi connectivity index (χ0v) is 10.7. The standard InChI is InChI=1S/C12H10ClNO5/c1-2-19-12(16)6-5-11(15)9-4-3-8(13)7-10(9)14(17)18/h3-4,7,11,15H,2H2,1H3. The maximum Gasteiger partial charge on any atom is 0.384 e. The van der Waals surface area contributed by atoms with Gasteiger partial charge in [0.1, 0.15) is 6.10 Å². The quantitative estimate of drug-likeness (QED) is 0.301. The molecule has 0 spiro atoms. The number of hydrogen-bond donors (Lipinski definition) is 1. The molecule has 1 aromatic carbocycles. The van der Waals surface area contributed by atoms with Gasteiger partial charge in [0.05, 0.1) is 17.1 Å². The van der Waals surface area contributed by atoms with Crippen molar-refractivity contribution in [3.8, 4) is 11.8 Å². The van der Waals surface area contributed by atoms with Crippen LogP contribution >= 0.6 is 11.6 Å². The number of aliphatic hydroxyl groups is 1. The first-order valence-corrected chi connectivity index (χ1v) is 5.63. The average molecular weight is 284 g/mol.